The lowest BCUT2D eigenvalue weighted by atomic mass is 9.98. The Morgan fingerprint density at radius 1 is 1.48 bits per heavy atom. The zero-order chi connectivity index (χ0) is 14.7. The summed E-state index contributed by atoms with van der Waals surface area (Å²) in [4.78, 5) is 18.4. The van der Waals surface area contributed by atoms with Crippen molar-refractivity contribution >= 4 is 5.91 Å². The molecule has 112 valence electrons. The minimum absolute atomic E-state index is 0.0781. The van der Waals surface area contributed by atoms with Gasteiger partial charge in [-0.2, -0.15) is 0 Å². The average Bonchev–Trinajstić information content (AvgIpc) is 3.12. The number of tetrazole rings is 1. The zero-order valence-electron chi connectivity index (χ0n) is 12.1. The predicted molar refractivity (Wildman–Crippen MR) is 74.1 cm³/mol. The molecule has 1 unspecified atom stereocenters. The third-order valence-electron chi connectivity index (χ3n) is 3.94. The normalized spacial score (nSPS) is 18.9. The van der Waals surface area contributed by atoms with Gasteiger partial charge in [0.1, 0.15) is 18.7 Å². The molecule has 0 N–H and O–H groups in total. The van der Waals surface area contributed by atoms with Gasteiger partial charge in [-0.1, -0.05) is 0 Å². The molecule has 0 saturated carbocycles. The number of hydrogen-bond acceptors (Lipinski definition) is 5. The molecule has 0 spiro atoms. The number of nitrogens with zero attached hydrogens (tertiary/aromatic N) is 7. The number of imidazole rings is 1. The Morgan fingerprint density at radius 3 is 3.10 bits per heavy atom. The Bertz CT molecular complexity index is 591. The van der Waals surface area contributed by atoms with Crippen LogP contribution < -0.4 is 0 Å². The largest absolute Gasteiger partial charge is 0.341 e. The summed E-state index contributed by atoms with van der Waals surface area (Å²) in [5.74, 6) is 1.57. The van der Waals surface area contributed by atoms with Crippen LogP contribution in [0.15, 0.2) is 18.7 Å². The molecular formula is C13H19N7O. The van der Waals surface area contributed by atoms with Gasteiger partial charge in [0.25, 0.3) is 0 Å². The molecule has 0 aromatic carbocycles. The SMILES string of the molecule is Cc1nccn1CC1CCCN(C(=O)Cn2cnnn2)C1. The van der Waals surface area contributed by atoms with Gasteiger partial charge in [-0.15, -0.1) is 5.10 Å². The molecule has 2 aromatic heterocycles. The van der Waals surface area contributed by atoms with Gasteiger partial charge in [0.15, 0.2) is 0 Å². The highest BCUT2D eigenvalue weighted by molar-refractivity contribution is 5.75. The van der Waals surface area contributed by atoms with E-state index in [9.17, 15) is 4.79 Å². The van der Waals surface area contributed by atoms with E-state index in [2.05, 4.69) is 25.1 Å². The molecule has 3 heterocycles. The lowest BCUT2D eigenvalue weighted by Gasteiger charge is -2.33. The zero-order valence-corrected chi connectivity index (χ0v) is 12.1. The highest BCUT2D eigenvalue weighted by Gasteiger charge is 2.24. The fourth-order valence-electron chi connectivity index (χ4n) is 2.81. The first-order valence-electron chi connectivity index (χ1n) is 7.18. The topological polar surface area (TPSA) is 81.7 Å². The Labute approximate surface area is 122 Å². The van der Waals surface area contributed by atoms with Crippen molar-refractivity contribution in [3.8, 4) is 0 Å². The smallest absolute Gasteiger partial charge is 0.244 e. The highest BCUT2D eigenvalue weighted by Crippen LogP contribution is 2.19. The van der Waals surface area contributed by atoms with Crippen LogP contribution in [0.1, 0.15) is 18.7 Å². The number of amides is 1. The minimum atomic E-state index is 0.0781. The molecular weight excluding hydrogens is 270 g/mol. The van der Waals surface area contributed by atoms with Gasteiger partial charge in [-0.05, 0) is 36.1 Å². The van der Waals surface area contributed by atoms with E-state index in [4.69, 9.17) is 0 Å². The van der Waals surface area contributed by atoms with Crippen LogP contribution in [0.4, 0.5) is 0 Å². The summed E-state index contributed by atoms with van der Waals surface area (Å²) in [7, 11) is 0. The molecule has 1 aliphatic heterocycles. The van der Waals surface area contributed by atoms with Gasteiger partial charge < -0.3 is 9.47 Å². The summed E-state index contributed by atoms with van der Waals surface area (Å²) < 4.78 is 3.62. The van der Waals surface area contributed by atoms with Crippen molar-refractivity contribution in [2.24, 2.45) is 5.92 Å². The molecule has 1 saturated heterocycles. The van der Waals surface area contributed by atoms with Crippen molar-refractivity contribution in [2.45, 2.75) is 32.9 Å². The van der Waals surface area contributed by atoms with Gasteiger partial charge in [0, 0.05) is 32.0 Å². The molecule has 21 heavy (non-hydrogen) atoms. The standard InChI is InChI=1S/C13H19N7O/c1-11-14-4-6-18(11)7-12-3-2-5-19(8-12)13(21)9-20-10-15-16-17-20/h4,6,10,12H,2-3,5,7-9H2,1H3. The third-order valence-corrected chi connectivity index (χ3v) is 3.94. The number of likely N-dealkylation sites (tertiary alicyclic amines) is 1. The predicted octanol–water partition coefficient (Wildman–Crippen LogP) is 0.117. The summed E-state index contributed by atoms with van der Waals surface area (Å²) in [6.07, 6.45) is 7.47. The molecule has 2 aromatic rings. The molecule has 0 bridgehead atoms. The van der Waals surface area contributed by atoms with Crippen LogP contribution in [0.5, 0.6) is 0 Å². The Hall–Kier alpha value is -2.25. The summed E-state index contributed by atoms with van der Waals surface area (Å²) in [6, 6.07) is 0. The number of carbonyl (C=O) groups is 1. The lowest BCUT2D eigenvalue weighted by Crippen LogP contribution is -2.42. The molecule has 1 aliphatic rings. The van der Waals surface area contributed by atoms with E-state index in [1.807, 2.05) is 24.2 Å². The first kappa shape index (κ1) is 13.7. The number of hydrogen-bond donors (Lipinski definition) is 0. The number of piperidine rings is 1. The van der Waals surface area contributed by atoms with Gasteiger partial charge in [0.2, 0.25) is 5.91 Å². The molecule has 8 heteroatoms. The second-order valence-corrected chi connectivity index (χ2v) is 5.48. The van der Waals surface area contributed by atoms with E-state index in [-0.39, 0.29) is 12.5 Å². The number of carbonyl (C=O) groups excluding carboxylic acids is 1. The molecule has 1 fully saturated rings. The van der Waals surface area contributed by atoms with Crippen molar-refractivity contribution in [1.29, 1.82) is 0 Å². The van der Waals surface area contributed by atoms with Crippen LogP contribution in [0.2, 0.25) is 0 Å². The van der Waals surface area contributed by atoms with Crippen LogP contribution in [-0.4, -0.2) is 53.7 Å². The summed E-state index contributed by atoms with van der Waals surface area (Å²) in [6.45, 7) is 4.74. The van der Waals surface area contributed by atoms with Crippen LogP contribution in [0.3, 0.4) is 0 Å². The van der Waals surface area contributed by atoms with Gasteiger partial charge in [0.05, 0.1) is 0 Å². The number of aromatic nitrogens is 6. The maximum absolute atomic E-state index is 12.3. The van der Waals surface area contributed by atoms with Gasteiger partial charge in [-0.3, -0.25) is 4.79 Å². The maximum Gasteiger partial charge on any atom is 0.244 e. The summed E-state index contributed by atoms with van der Waals surface area (Å²) in [5.41, 5.74) is 0. The molecule has 0 aliphatic carbocycles. The van der Waals surface area contributed by atoms with Crippen molar-refractivity contribution in [2.75, 3.05) is 13.1 Å². The van der Waals surface area contributed by atoms with Crippen LogP contribution in [0, 0.1) is 12.8 Å². The van der Waals surface area contributed by atoms with E-state index in [0.29, 0.717) is 5.92 Å². The van der Waals surface area contributed by atoms with E-state index >= 15 is 0 Å². The number of aryl methyl sites for hydroxylation is 1. The van der Waals surface area contributed by atoms with Gasteiger partial charge in [-0.25, -0.2) is 9.67 Å². The first-order chi connectivity index (χ1) is 10.2. The van der Waals surface area contributed by atoms with E-state index in [0.717, 1.165) is 38.3 Å². The first-order valence-corrected chi connectivity index (χ1v) is 7.18. The van der Waals surface area contributed by atoms with E-state index < -0.39 is 0 Å². The average molecular weight is 289 g/mol. The summed E-state index contributed by atoms with van der Waals surface area (Å²) in [5, 5.41) is 10.8. The second-order valence-electron chi connectivity index (χ2n) is 5.48. The lowest BCUT2D eigenvalue weighted by molar-refractivity contribution is -0.134. The Kier molecular flexibility index (Phi) is 3.94. The monoisotopic (exact) mass is 289 g/mol. The maximum atomic E-state index is 12.3. The van der Waals surface area contributed by atoms with Crippen LogP contribution in [0.25, 0.3) is 0 Å². The van der Waals surface area contributed by atoms with Crippen molar-refractivity contribution in [1.82, 2.24) is 34.7 Å². The third kappa shape index (κ3) is 3.26. The molecule has 1 amide bonds. The van der Waals surface area contributed by atoms with Gasteiger partial charge >= 0.3 is 0 Å². The van der Waals surface area contributed by atoms with Crippen molar-refractivity contribution in [3.63, 3.8) is 0 Å². The van der Waals surface area contributed by atoms with Crippen molar-refractivity contribution < 1.29 is 4.79 Å². The van der Waals surface area contributed by atoms with E-state index in [1.165, 1.54) is 11.0 Å². The Morgan fingerprint density at radius 2 is 2.38 bits per heavy atom. The Balaban J connectivity index is 1.57. The van der Waals surface area contributed by atoms with Crippen molar-refractivity contribution in [3.05, 3.63) is 24.5 Å². The fraction of sp³-hybridized carbons (Fsp3) is 0.615. The second kappa shape index (κ2) is 6.02. The molecule has 8 nitrogen and oxygen atoms in total. The quantitative estimate of drug-likeness (QED) is 0.798. The minimum Gasteiger partial charge on any atom is -0.341 e. The van der Waals surface area contributed by atoms with Crippen LogP contribution in [-0.2, 0) is 17.9 Å². The molecule has 1 atom stereocenters. The molecule has 0 radical (unpaired) electrons. The van der Waals surface area contributed by atoms with Crippen LogP contribution >= 0.6 is 0 Å². The fourth-order valence-corrected chi connectivity index (χ4v) is 2.81. The summed E-state index contributed by atoms with van der Waals surface area (Å²) >= 11 is 0. The van der Waals surface area contributed by atoms with E-state index in [1.54, 1.807) is 0 Å². The highest BCUT2D eigenvalue weighted by atomic mass is 16.2. The molecule has 3 rings (SSSR count). The number of rotatable bonds is 4.